The summed E-state index contributed by atoms with van der Waals surface area (Å²) >= 11 is 0. The van der Waals surface area contributed by atoms with E-state index in [0.717, 1.165) is 17.8 Å². The van der Waals surface area contributed by atoms with Gasteiger partial charge in [0.15, 0.2) is 0 Å². The molecule has 0 fully saturated rings. The lowest BCUT2D eigenvalue weighted by molar-refractivity contribution is 0.581. The molecule has 108 valence electrons. The monoisotopic (exact) mass is 265 g/mol. The standard InChI is InChI=1S/C17H28FN/c1-3-4-5-6-7-8-9-10-14-19-17-13-11-12-16(18)15(17)2/h11-13,19H,3-10,14H2,1-2H3. The zero-order valence-electron chi connectivity index (χ0n) is 12.5. The predicted octanol–water partition coefficient (Wildman–Crippen LogP) is 5.69. The summed E-state index contributed by atoms with van der Waals surface area (Å²) in [6.45, 7) is 5.02. The number of rotatable bonds is 10. The molecule has 0 unspecified atom stereocenters. The molecule has 0 spiro atoms. The van der Waals surface area contributed by atoms with Gasteiger partial charge in [0.1, 0.15) is 5.82 Å². The molecular weight excluding hydrogens is 237 g/mol. The lowest BCUT2D eigenvalue weighted by Crippen LogP contribution is -2.03. The van der Waals surface area contributed by atoms with Crippen LogP contribution in [0.3, 0.4) is 0 Å². The third kappa shape index (κ3) is 6.60. The molecule has 1 N–H and O–H groups in total. The molecule has 0 amide bonds. The Labute approximate surface area is 117 Å². The molecular formula is C17H28FN. The molecule has 0 aromatic heterocycles. The maximum atomic E-state index is 13.3. The van der Waals surface area contributed by atoms with Crippen molar-refractivity contribution in [3.8, 4) is 0 Å². The van der Waals surface area contributed by atoms with Crippen molar-refractivity contribution in [2.75, 3.05) is 11.9 Å². The van der Waals surface area contributed by atoms with Gasteiger partial charge < -0.3 is 5.32 Å². The van der Waals surface area contributed by atoms with E-state index in [1.807, 2.05) is 13.0 Å². The highest BCUT2D eigenvalue weighted by atomic mass is 19.1. The molecule has 0 aliphatic rings. The van der Waals surface area contributed by atoms with E-state index in [0.29, 0.717) is 0 Å². The third-order valence-corrected chi connectivity index (χ3v) is 3.61. The molecule has 0 bridgehead atoms. The van der Waals surface area contributed by atoms with Crippen LogP contribution in [0.15, 0.2) is 18.2 Å². The molecule has 0 aliphatic carbocycles. The van der Waals surface area contributed by atoms with Crippen molar-refractivity contribution in [1.29, 1.82) is 0 Å². The van der Waals surface area contributed by atoms with Crippen molar-refractivity contribution in [3.05, 3.63) is 29.6 Å². The van der Waals surface area contributed by atoms with Crippen molar-refractivity contribution >= 4 is 5.69 Å². The Kier molecular flexibility index (Phi) is 8.28. The van der Waals surface area contributed by atoms with Gasteiger partial charge in [-0.05, 0) is 25.5 Å². The Hall–Kier alpha value is -1.05. The van der Waals surface area contributed by atoms with Crippen LogP contribution in [0.1, 0.15) is 63.9 Å². The largest absolute Gasteiger partial charge is 0.385 e. The summed E-state index contributed by atoms with van der Waals surface area (Å²) in [6.07, 6.45) is 10.6. The third-order valence-electron chi connectivity index (χ3n) is 3.61. The Morgan fingerprint density at radius 2 is 1.58 bits per heavy atom. The lowest BCUT2D eigenvalue weighted by Gasteiger charge is -2.09. The van der Waals surface area contributed by atoms with E-state index in [1.54, 1.807) is 6.07 Å². The summed E-state index contributed by atoms with van der Waals surface area (Å²) < 4.78 is 13.3. The van der Waals surface area contributed by atoms with Crippen LogP contribution in [-0.2, 0) is 0 Å². The Bertz CT molecular complexity index is 349. The van der Waals surface area contributed by atoms with E-state index in [2.05, 4.69) is 12.2 Å². The molecule has 1 aromatic rings. The number of hydrogen-bond donors (Lipinski definition) is 1. The van der Waals surface area contributed by atoms with E-state index in [1.165, 1.54) is 57.4 Å². The summed E-state index contributed by atoms with van der Waals surface area (Å²) in [4.78, 5) is 0. The first-order chi connectivity index (χ1) is 9.25. The van der Waals surface area contributed by atoms with Crippen molar-refractivity contribution in [3.63, 3.8) is 0 Å². The SMILES string of the molecule is CCCCCCCCCCNc1cccc(F)c1C. The minimum Gasteiger partial charge on any atom is -0.385 e. The first-order valence-electron chi connectivity index (χ1n) is 7.74. The van der Waals surface area contributed by atoms with Crippen LogP contribution >= 0.6 is 0 Å². The van der Waals surface area contributed by atoms with E-state index < -0.39 is 0 Å². The minimum atomic E-state index is -0.124. The van der Waals surface area contributed by atoms with Crippen LogP contribution in [0, 0.1) is 12.7 Å². The van der Waals surface area contributed by atoms with Crippen LogP contribution in [0.4, 0.5) is 10.1 Å². The molecule has 1 nitrogen and oxygen atoms in total. The van der Waals surface area contributed by atoms with Crippen LogP contribution in [0.2, 0.25) is 0 Å². The molecule has 0 heterocycles. The van der Waals surface area contributed by atoms with E-state index in [-0.39, 0.29) is 5.82 Å². The van der Waals surface area contributed by atoms with E-state index >= 15 is 0 Å². The summed E-state index contributed by atoms with van der Waals surface area (Å²) in [6, 6.07) is 5.22. The van der Waals surface area contributed by atoms with Gasteiger partial charge in [-0.1, -0.05) is 57.9 Å². The highest BCUT2D eigenvalue weighted by Gasteiger charge is 2.01. The summed E-state index contributed by atoms with van der Waals surface area (Å²) in [5.74, 6) is -0.124. The number of nitrogens with one attached hydrogen (secondary N) is 1. The van der Waals surface area contributed by atoms with Gasteiger partial charge in [-0.15, -0.1) is 0 Å². The van der Waals surface area contributed by atoms with Gasteiger partial charge in [-0.2, -0.15) is 0 Å². The molecule has 0 atom stereocenters. The van der Waals surface area contributed by atoms with Crippen LogP contribution in [0.25, 0.3) is 0 Å². The van der Waals surface area contributed by atoms with Gasteiger partial charge in [-0.3, -0.25) is 0 Å². The van der Waals surface area contributed by atoms with Gasteiger partial charge in [0, 0.05) is 17.8 Å². The van der Waals surface area contributed by atoms with Gasteiger partial charge in [-0.25, -0.2) is 4.39 Å². The fourth-order valence-corrected chi connectivity index (χ4v) is 2.28. The number of anilines is 1. The van der Waals surface area contributed by atoms with Crippen molar-refractivity contribution in [1.82, 2.24) is 0 Å². The topological polar surface area (TPSA) is 12.0 Å². The molecule has 0 aliphatic heterocycles. The fraction of sp³-hybridized carbons (Fsp3) is 0.647. The average Bonchev–Trinajstić information content (AvgIpc) is 2.41. The van der Waals surface area contributed by atoms with Crippen molar-refractivity contribution < 1.29 is 4.39 Å². The maximum Gasteiger partial charge on any atom is 0.128 e. The normalized spacial score (nSPS) is 10.7. The predicted molar refractivity (Wildman–Crippen MR) is 82.2 cm³/mol. The molecule has 0 saturated heterocycles. The van der Waals surface area contributed by atoms with Crippen LogP contribution < -0.4 is 5.32 Å². The zero-order valence-corrected chi connectivity index (χ0v) is 12.5. The smallest absolute Gasteiger partial charge is 0.128 e. The second kappa shape index (κ2) is 9.82. The zero-order chi connectivity index (χ0) is 13.9. The van der Waals surface area contributed by atoms with Gasteiger partial charge >= 0.3 is 0 Å². The lowest BCUT2D eigenvalue weighted by atomic mass is 10.1. The molecule has 1 rings (SSSR count). The van der Waals surface area contributed by atoms with Crippen molar-refractivity contribution in [2.24, 2.45) is 0 Å². The molecule has 19 heavy (non-hydrogen) atoms. The Morgan fingerprint density at radius 1 is 0.947 bits per heavy atom. The summed E-state index contributed by atoms with van der Waals surface area (Å²) in [5, 5.41) is 3.32. The molecule has 1 aromatic carbocycles. The minimum absolute atomic E-state index is 0.124. The first-order valence-corrected chi connectivity index (χ1v) is 7.74. The summed E-state index contributed by atoms with van der Waals surface area (Å²) in [7, 11) is 0. The van der Waals surface area contributed by atoms with E-state index in [9.17, 15) is 4.39 Å². The number of benzene rings is 1. The van der Waals surface area contributed by atoms with Crippen molar-refractivity contribution in [2.45, 2.75) is 65.2 Å². The maximum absolute atomic E-state index is 13.3. The second-order valence-electron chi connectivity index (χ2n) is 5.31. The molecule has 0 saturated carbocycles. The highest BCUT2D eigenvalue weighted by Crippen LogP contribution is 2.17. The second-order valence-corrected chi connectivity index (χ2v) is 5.31. The Balaban J connectivity index is 2.03. The molecule has 2 heteroatoms. The van der Waals surface area contributed by atoms with Crippen LogP contribution in [-0.4, -0.2) is 6.54 Å². The molecule has 0 radical (unpaired) electrons. The van der Waals surface area contributed by atoms with Gasteiger partial charge in [0.2, 0.25) is 0 Å². The Morgan fingerprint density at radius 3 is 2.26 bits per heavy atom. The number of unbranched alkanes of at least 4 members (excludes halogenated alkanes) is 7. The summed E-state index contributed by atoms with van der Waals surface area (Å²) in [5.41, 5.74) is 1.66. The average molecular weight is 265 g/mol. The van der Waals surface area contributed by atoms with E-state index in [4.69, 9.17) is 0 Å². The number of hydrogen-bond acceptors (Lipinski definition) is 1. The van der Waals surface area contributed by atoms with Crippen LogP contribution in [0.5, 0.6) is 0 Å². The first kappa shape index (κ1) is 16.0. The van der Waals surface area contributed by atoms with Gasteiger partial charge in [0.05, 0.1) is 0 Å². The highest BCUT2D eigenvalue weighted by molar-refractivity contribution is 5.50. The quantitative estimate of drug-likeness (QED) is 0.536. The van der Waals surface area contributed by atoms with Gasteiger partial charge in [0.25, 0.3) is 0 Å². The fourth-order valence-electron chi connectivity index (χ4n) is 2.28. The number of halogens is 1.